The van der Waals surface area contributed by atoms with Crippen molar-refractivity contribution in [2.75, 3.05) is 0 Å². The first-order valence-electron chi connectivity index (χ1n) is 6.09. The van der Waals surface area contributed by atoms with Crippen LogP contribution in [-0.2, 0) is 6.54 Å². The first kappa shape index (κ1) is 14.3. The first-order chi connectivity index (χ1) is 9.45. The SMILES string of the molecule is CCn1cc(C(=O)Cl)c(=O)n(-c2ccc(C)cc2)c1=O. The highest BCUT2D eigenvalue weighted by Crippen LogP contribution is 2.06. The summed E-state index contributed by atoms with van der Waals surface area (Å²) in [4.78, 5) is 35.8. The molecule has 0 aliphatic rings. The zero-order chi connectivity index (χ0) is 14.9. The molecule has 20 heavy (non-hydrogen) atoms. The predicted molar refractivity (Wildman–Crippen MR) is 76.9 cm³/mol. The topological polar surface area (TPSA) is 61.1 Å². The number of halogens is 1. The largest absolute Gasteiger partial charge is 0.335 e. The van der Waals surface area contributed by atoms with Crippen LogP contribution in [0.1, 0.15) is 22.8 Å². The van der Waals surface area contributed by atoms with Crippen molar-refractivity contribution in [1.29, 1.82) is 0 Å². The second-order valence-corrected chi connectivity index (χ2v) is 4.70. The molecule has 0 unspecified atom stereocenters. The zero-order valence-corrected chi connectivity index (χ0v) is 11.8. The molecule has 0 bridgehead atoms. The average Bonchev–Trinajstić information content (AvgIpc) is 2.41. The van der Waals surface area contributed by atoms with Crippen LogP contribution in [0.15, 0.2) is 40.1 Å². The first-order valence-corrected chi connectivity index (χ1v) is 6.47. The zero-order valence-electron chi connectivity index (χ0n) is 11.1. The summed E-state index contributed by atoms with van der Waals surface area (Å²) in [6.45, 7) is 3.98. The second-order valence-electron chi connectivity index (χ2n) is 4.36. The Bertz CT molecular complexity index is 772. The molecular formula is C14H13ClN2O3. The lowest BCUT2D eigenvalue weighted by Gasteiger charge is -2.10. The fourth-order valence-corrected chi connectivity index (χ4v) is 2.01. The number of aryl methyl sites for hydroxylation is 2. The number of rotatable bonds is 3. The standard InChI is InChI=1S/C14H13ClN2O3/c1-3-16-8-11(12(15)18)13(19)17(14(16)20)10-6-4-9(2)5-7-10/h4-8H,3H2,1-2H3. The molecule has 0 aliphatic heterocycles. The van der Waals surface area contributed by atoms with Crippen molar-refractivity contribution in [3.63, 3.8) is 0 Å². The number of nitrogens with zero attached hydrogens (tertiary/aromatic N) is 2. The Morgan fingerprint density at radius 1 is 1.20 bits per heavy atom. The quantitative estimate of drug-likeness (QED) is 0.809. The molecule has 6 heteroatoms. The van der Waals surface area contributed by atoms with Crippen molar-refractivity contribution in [3.8, 4) is 5.69 Å². The minimum atomic E-state index is -0.877. The van der Waals surface area contributed by atoms with E-state index in [-0.39, 0.29) is 5.56 Å². The van der Waals surface area contributed by atoms with Gasteiger partial charge in [0.2, 0.25) is 0 Å². The van der Waals surface area contributed by atoms with Gasteiger partial charge in [-0.05, 0) is 37.6 Å². The number of hydrogen-bond donors (Lipinski definition) is 0. The molecule has 0 radical (unpaired) electrons. The smallest absolute Gasteiger partial charge is 0.300 e. The molecule has 1 aromatic carbocycles. The lowest BCUT2D eigenvalue weighted by molar-refractivity contribution is 0.107. The number of carbonyl (C=O) groups excluding carboxylic acids is 1. The molecule has 0 N–H and O–H groups in total. The van der Waals surface area contributed by atoms with Gasteiger partial charge in [-0.15, -0.1) is 0 Å². The highest BCUT2D eigenvalue weighted by molar-refractivity contribution is 6.67. The van der Waals surface area contributed by atoms with E-state index < -0.39 is 16.5 Å². The Balaban J connectivity index is 2.84. The third-order valence-corrected chi connectivity index (χ3v) is 3.20. The maximum Gasteiger partial charge on any atom is 0.335 e. The lowest BCUT2D eigenvalue weighted by Crippen LogP contribution is -2.40. The van der Waals surface area contributed by atoms with Crippen LogP contribution >= 0.6 is 11.6 Å². The van der Waals surface area contributed by atoms with Crippen molar-refractivity contribution in [2.24, 2.45) is 0 Å². The van der Waals surface area contributed by atoms with Crippen LogP contribution in [0, 0.1) is 6.92 Å². The van der Waals surface area contributed by atoms with E-state index in [4.69, 9.17) is 11.6 Å². The van der Waals surface area contributed by atoms with Gasteiger partial charge >= 0.3 is 5.69 Å². The molecule has 1 heterocycles. The molecule has 5 nitrogen and oxygen atoms in total. The Morgan fingerprint density at radius 3 is 2.30 bits per heavy atom. The van der Waals surface area contributed by atoms with Crippen LogP contribution in [0.5, 0.6) is 0 Å². The van der Waals surface area contributed by atoms with Gasteiger partial charge in [-0.1, -0.05) is 17.7 Å². The van der Waals surface area contributed by atoms with Gasteiger partial charge in [0.05, 0.1) is 5.69 Å². The van der Waals surface area contributed by atoms with E-state index in [1.165, 1.54) is 10.8 Å². The van der Waals surface area contributed by atoms with Crippen molar-refractivity contribution in [1.82, 2.24) is 9.13 Å². The van der Waals surface area contributed by atoms with E-state index in [0.29, 0.717) is 12.2 Å². The van der Waals surface area contributed by atoms with Crippen LogP contribution in [0.3, 0.4) is 0 Å². The molecule has 0 saturated carbocycles. The molecule has 1 aromatic heterocycles. The van der Waals surface area contributed by atoms with E-state index in [2.05, 4.69) is 0 Å². The van der Waals surface area contributed by atoms with Crippen LogP contribution in [0.25, 0.3) is 5.69 Å². The summed E-state index contributed by atoms with van der Waals surface area (Å²) in [5, 5.41) is -0.877. The van der Waals surface area contributed by atoms with Gasteiger partial charge in [0.25, 0.3) is 10.8 Å². The van der Waals surface area contributed by atoms with Gasteiger partial charge in [0, 0.05) is 12.7 Å². The summed E-state index contributed by atoms with van der Waals surface area (Å²) >= 11 is 5.41. The Kier molecular flexibility index (Phi) is 3.90. The van der Waals surface area contributed by atoms with E-state index in [0.717, 1.165) is 10.1 Å². The predicted octanol–water partition coefficient (Wildman–Crippen LogP) is 1.71. The molecule has 2 aromatic rings. The minimum absolute atomic E-state index is 0.214. The van der Waals surface area contributed by atoms with Crippen molar-refractivity contribution < 1.29 is 4.79 Å². The number of benzene rings is 1. The highest BCUT2D eigenvalue weighted by atomic mass is 35.5. The van der Waals surface area contributed by atoms with E-state index in [1.807, 2.05) is 6.92 Å². The summed E-state index contributed by atoms with van der Waals surface area (Å²) in [5.74, 6) is 0. The maximum atomic E-state index is 12.3. The van der Waals surface area contributed by atoms with Gasteiger partial charge in [-0.25, -0.2) is 9.36 Å². The molecule has 0 atom stereocenters. The summed E-state index contributed by atoms with van der Waals surface area (Å²) in [6.07, 6.45) is 1.20. The fraction of sp³-hybridized carbons (Fsp3) is 0.214. The molecule has 0 amide bonds. The molecular weight excluding hydrogens is 280 g/mol. The number of aromatic nitrogens is 2. The van der Waals surface area contributed by atoms with Crippen LogP contribution < -0.4 is 11.2 Å². The number of hydrogen-bond acceptors (Lipinski definition) is 3. The normalized spacial score (nSPS) is 10.6. The average molecular weight is 293 g/mol. The lowest BCUT2D eigenvalue weighted by atomic mass is 10.2. The van der Waals surface area contributed by atoms with Crippen molar-refractivity contribution in [3.05, 3.63) is 62.4 Å². The van der Waals surface area contributed by atoms with Gasteiger partial charge < -0.3 is 0 Å². The molecule has 0 spiro atoms. The third-order valence-electron chi connectivity index (χ3n) is 3.00. The van der Waals surface area contributed by atoms with Crippen LogP contribution in [-0.4, -0.2) is 14.4 Å². The highest BCUT2D eigenvalue weighted by Gasteiger charge is 2.16. The monoisotopic (exact) mass is 292 g/mol. The molecule has 0 aliphatic carbocycles. The summed E-state index contributed by atoms with van der Waals surface area (Å²) in [5.41, 5.74) is -0.00461. The molecule has 2 rings (SSSR count). The molecule has 0 fully saturated rings. The molecule has 104 valence electrons. The Labute approximate surface area is 120 Å². The van der Waals surface area contributed by atoms with E-state index in [1.54, 1.807) is 31.2 Å². The van der Waals surface area contributed by atoms with Crippen LogP contribution in [0.4, 0.5) is 0 Å². The summed E-state index contributed by atoms with van der Waals surface area (Å²) < 4.78 is 2.23. The van der Waals surface area contributed by atoms with Crippen LogP contribution in [0.2, 0.25) is 0 Å². The summed E-state index contributed by atoms with van der Waals surface area (Å²) in [6, 6.07) is 6.88. The van der Waals surface area contributed by atoms with Crippen molar-refractivity contribution >= 4 is 16.8 Å². The van der Waals surface area contributed by atoms with E-state index >= 15 is 0 Å². The Morgan fingerprint density at radius 2 is 1.80 bits per heavy atom. The maximum absolute atomic E-state index is 12.3. The van der Waals surface area contributed by atoms with Gasteiger partial charge in [-0.3, -0.25) is 14.2 Å². The molecule has 0 saturated heterocycles. The van der Waals surface area contributed by atoms with E-state index in [9.17, 15) is 14.4 Å². The van der Waals surface area contributed by atoms with Gasteiger partial charge in [-0.2, -0.15) is 0 Å². The van der Waals surface area contributed by atoms with Gasteiger partial charge in [0.15, 0.2) is 0 Å². The second kappa shape index (κ2) is 5.46. The third kappa shape index (κ3) is 2.44. The Hall–Kier alpha value is -2.14. The fourth-order valence-electron chi connectivity index (χ4n) is 1.88. The van der Waals surface area contributed by atoms with Crippen molar-refractivity contribution in [2.45, 2.75) is 20.4 Å². The minimum Gasteiger partial charge on any atom is -0.300 e. The summed E-state index contributed by atoms with van der Waals surface area (Å²) in [7, 11) is 0. The van der Waals surface area contributed by atoms with Gasteiger partial charge in [0.1, 0.15) is 5.56 Å². The number of carbonyl (C=O) groups is 1.